The number of nitrogens with zero attached hydrogens (tertiary/aromatic N) is 1. The highest BCUT2D eigenvalue weighted by Crippen LogP contribution is 2.37. The molecule has 3 aromatic carbocycles. The molecule has 136 valence electrons. The summed E-state index contributed by atoms with van der Waals surface area (Å²) in [5.74, 6) is 1.08. The smallest absolute Gasteiger partial charge is 0.137 e. The molecule has 4 rings (SSSR count). The lowest BCUT2D eigenvalue weighted by atomic mass is 9.87. The van der Waals surface area contributed by atoms with Crippen molar-refractivity contribution in [2.75, 3.05) is 27.2 Å². The van der Waals surface area contributed by atoms with E-state index < -0.39 is 0 Å². The van der Waals surface area contributed by atoms with Gasteiger partial charge in [0, 0.05) is 19.0 Å². The molecule has 1 unspecified atom stereocenters. The second-order valence-electron chi connectivity index (χ2n) is 6.86. The maximum atomic E-state index is 6.38. The number of halogens is 2. The molecule has 0 aromatic heterocycles. The van der Waals surface area contributed by atoms with Gasteiger partial charge in [-0.05, 0) is 53.1 Å². The normalized spacial score (nSPS) is 17.3. The van der Waals surface area contributed by atoms with Crippen LogP contribution in [0.4, 0.5) is 0 Å². The van der Waals surface area contributed by atoms with Gasteiger partial charge in [-0.1, -0.05) is 54.1 Å². The predicted molar refractivity (Wildman–Crippen MR) is 115 cm³/mol. The van der Waals surface area contributed by atoms with Gasteiger partial charge in [0.2, 0.25) is 0 Å². The van der Waals surface area contributed by atoms with Gasteiger partial charge in [-0.3, -0.25) is 0 Å². The van der Waals surface area contributed by atoms with Gasteiger partial charge in [0.1, 0.15) is 5.75 Å². The molecule has 1 aliphatic heterocycles. The van der Waals surface area contributed by atoms with Gasteiger partial charge in [-0.15, -0.1) is 17.0 Å². The van der Waals surface area contributed by atoms with Crippen LogP contribution in [0.25, 0.3) is 10.8 Å². The van der Waals surface area contributed by atoms with Crippen molar-refractivity contribution in [3.05, 3.63) is 76.3 Å². The standard InChI is InChI=1S/C22H22ClNO.BrH/c1-24-10-9-18-12-21(23)22(25-2)13-19(18)20(14-24)17-8-7-15-5-3-4-6-16(15)11-17;/h3-8,11-13,20H,9-10,14H2,1-2H3;1H. The van der Waals surface area contributed by atoms with E-state index in [0.29, 0.717) is 10.9 Å². The maximum absolute atomic E-state index is 6.38. The molecule has 0 fully saturated rings. The monoisotopic (exact) mass is 431 g/mol. The SMILES string of the molecule is Br.COc1cc2c(cc1Cl)CCN(C)CC2c1ccc2ccccc2c1. The Morgan fingerprint density at radius 3 is 2.58 bits per heavy atom. The number of hydrogen-bond acceptors (Lipinski definition) is 2. The first-order valence-electron chi connectivity index (χ1n) is 8.69. The van der Waals surface area contributed by atoms with Gasteiger partial charge < -0.3 is 9.64 Å². The van der Waals surface area contributed by atoms with E-state index >= 15 is 0 Å². The van der Waals surface area contributed by atoms with E-state index in [4.69, 9.17) is 16.3 Å². The molecule has 26 heavy (non-hydrogen) atoms. The highest BCUT2D eigenvalue weighted by Gasteiger charge is 2.24. The van der Waals surface area contributed by atoms with Crippen molar-refractivity contribution in [2.24, 2.45) is 0 Å². The Morgan fingerprint density at radius 2 is 1.81 bits per heavy atom. The number of rotatable bonds is 2. The van der Waals surface area contributed by atoms with Crippen LogP contribution >= 0.6 is 28.6 Å². The van der Waals surface area contributed by atoms with Crippen molar-refractivity contribution in [1.82, 2.24) is 4.90 Å². The fourth-order valence-corrected chi connectivity index (χ4v) is 4.09. The molecule has 3 aromatic rings. The summed E-state index contributed by atoms with van der Waals surface area (Å²) in [4.78, 5) is 2.40. The van der Waals surface area contributed by atoms with E-state index in [1.807, 2.05) is 0 Å². The summed E-state index contributed by atoms with van der Waals surface area (Å²) >= 11 is 6.38. The molecular formula is C22H23BrClNO. The van der Waals surface area contributed by atoms with E-state index in [9.17, 15) is 0 Å². The van der Waals surface area contributed by atoms with E-state index in [1.54, 1.807) is 7.11 Å². The first-order valence-corrected chi connectivity index (χ1v) is 9.07. The second kappa shape index (κ2) is 7.99. The van der Waals surface area contributed by atoms with Gasteiger partial charge in [0.25, 0.3) is 0 Å². The van der Waals surface area contributed by atoms with E-state index in [-0.39, 0.29) is 17.0 Å². The molecule has 0 saturated heterocycles. The number of fused-ring (bicyclic) bond motifs is 2. The number of likely N-dealkylation sites (N-methyl/N-ethyl adjacent to an activating group) is 1. The van der Waals surface area contributed by atoms with Gasteiger partial charge in [-0.25, -0.2) is 0 Å². The van der Waals surface area contributed by atoms with Crippen LogP contribution in [0.1, 0.15) is 22.6 Å². The van der Waals surface area contributed by atoms with Crippen molar-refractivity contribution in [3.63, 3.8) is 0 Å². The molecule has 2 nitrogen and oxygen atoms in total. The predicted octanol–water partition coefficient (Wildman–Crippen LogP) is 5.70. The molecule has 4 heteroatoms. The number of methoxy groups -OCH3 is 1. The quantitative estimate of drug-likeness (QED) is 0.515. The fourth-order valence-electron chi connectivity index (χ4n) is 3.83. The minimum atomic E-state index is 0. The summed E-state index contributed by atoms with van der Waals surface area (Å²) in [7, 11) is 3.88. The lowest BCUT2D eigenvalue weighted by molar-refractivity contribution is 0.338. The van der Waals surface area contributed by atoms with E-state index in [1.165, 1.54) is 27.5 Å². The van der Waals surface area contributed by atoms with Crippen LogP contribution in [0.2, 0.25) is 5.02 Å². The minimum Gasteiger partial charge on any atom is -0.495 e. The Labute approximate surface area is 170 Å². The van der Waals surface area contributed by atoms with Crippen LogP contribution in [0.5, 0.6) is 5.75 Å². The molecule has 0 bridgehead atoms. The van der Waals surface area contributed by atoms with Crippen LogP contribution in [-0.4, -0.2) is 32.1 Å². The van der Waals surface area contributed by atoms with E-state index in [2.05, 4.69) is 66.5 Å². The molecule has 1 atom stereocenters. The third-order valence-corrected chi connectivity index (χ3v) is 5.52. The summed E-state index contributed by atoms with van der Waals surface area (Å²) in [5, 5.41) is 3.26. The number of benzene rings is 3. The van der Waals surface area contributed by atoms with Crippen LogP contribution < -0.4 is 4.74 Å². The molecule has 0 spiro atoms. The minimum absolute atomic E-state index is 0. The highest BCUT2D eigenvalue weighted by molar-refractivity contribution is 8.93. The average Bonchev–Trinajstić information content (AvgIpc) is 2.79. The van der Waals surface area contributed by atoms with Gasteiger partial charge in [-0.2, -0.15) is 0 Å². The Balaban J connectivity index is 0.00000196. The first kappa shape index (κ1) is 19.2. The summed E-state index contributed by atoms with van der Waals surface area (Å²) in [6.07, 6.45) is 1.01. The van der Waals surface area contributed by atoms with Crippen LogP contribution in [0.3, 0.4) is 0 Å². The summed E-state index contributed by atoms with van der Waals surface area (Å²) < 4.78 is 5.49. The van der Waals surface area contributed by atoms with Crippen molar-refractivity contribution < 1.29 is 4.74 Å². The van der Waals surface area contributed by atoms with Gasteiger partial charge >= 0.3 is 0 Å². The number of ether oxygens (including phenoxy) is 1. The molecule has 0 radical (unpaired) electrons. The van der Waals surface area contributed by atoms with Crippen molar-refractivity contribution in [3.8, 4) is 5.75 Å². The average molecular weight is 433 g/mol. The molecule has 1 aliphatic rings. The van der Waals surface area contributed by atoms with Gasteiger partial charge in [0.05, 0.1) is 12.1 Å². The highest BCUT2D eigenvalue weighted by atomic mass is 79.9. The van der Waals surface area contributed by atoms with Crippen molar-refractivity contribution >= 4 is 39.4 Å². The molecular weight excluding hydrogens is 410 g/mol. The maximum Gasteiger partial charge on any atom is 0.137 e. The van der Waals surface area contributed by atoms with Crippen molar-refractivity contribution in [2.45, 2.75) is 12.3 Å². The Hall–Kier alpha value is -1.55. The molecule has 0 aliphatic carbocycles. The van der Waals surface area contributed by atoms with Crippen LogP contribution in [0.15, 0.2) is 54.6 Å². The fraction of sp³-hybridized carbons (Fsp3) is 0.273. The zero-order chi connectivity index (χ0) is 17.4. The van der Waals surface area contributed by atoms with Crippen LogP contribution in [-0.2, 0) is 6.42 Å². The van der Waals surface area contributed by atoms with Crippen LogP contribution in [0, 0.1) is 0 Å². The first-order chi connectivity index (χ1) is 12.2. The summed E-state index contributed by atoms with van der Waals surface area (Å²) in [6.45, 7) is 2.04. The largest absolute Gasteiger partial charge is 0.495 e. The van der Waals surface area contributed by atoms with Gasteiger partial charge in [0.15, 0.2) is 0 Å². The van der Waals surface area contributed by atoms with Crippen molar-refractivity contribution in [1.29, 1.82) is 0 Å². The Morgan fingerprint density at radius 1 is 1.04 bits per heavy atom. The summed E-state index contributed by atoms with van der Waals surface area (Å²) in [6, 6.07) is 19.6. The lowest BCUT2D eigenvalue weighted by Gasteiger charge is -2.23. The molecule has 0 saturated carbocycles. The second-order valence-corrected chi connectivity index (χ2v) is 7.26. The lowest BCUT2D eigenvalue weighted by Crippen LogP contribution is -2.24. The summed E-state index contributed by atoms with van der Waals surface area (Å²) in [5.41, 5.74) is 4.01. The number of hydrogen-bond donors (Lipinski definition) is 0. The molecule has 1 heterocycles. The zero-order valence-electron chi connectivity index (χ0n) is 15.0. The molecule has 0 N–H and O–H groups in total. The molecule has 0 amide bonds. The van der Waals surface area contributed by atoms with E-state index in [0.717, 1.165) is 25.3 Å². The Bertz CT molecular complexity index is 927. The third-order valence-electron chi connectivity index (χ3n) is 5.22. The zero-order valence-corrected chi connectivity index (χ0v) is 17.5. The Kier molecular flexibility index (Phi) is 5.91. The third kappa shape index (κ3) is 3.62. The topological polar surface area (TPSA) is 12.5 Å².